The van der Waals surface area contributed by atoms with E-state index in [2.05, 4.69) is 32.3 Å². The molecular weight excluding hydrogens is 252 g/mol. The van der Waals surface area contributed by atoms with Crippen LogP contribution in [0.2, 0.25) is 0 Å². The van der Waals surface area contributed by atoms with E-state index < -0.39 is 0 Å². The van der Waals surface area contributed by atoms with Crippen molar-refractivity contribution >= 4 is 11.5 Å². The fourth-order valence-electron chi connectivity index (χ4n) is 2.68. The van der Waals surface area contributed by atoms with Crippen LogP contribution in [0.25, 0.3) is 5.65 Å². The van der Waals surface area contributed by atoms with Crippen molar-refractivity contribution in [2.45, 2.75) is 26.7 Å². The molecule has 0 saturated carbocycles. The third-order valence-corrected chi connectivity index (χ3v) is 4.09. The first kappa shape index (κ1) is 13.3. The Labute approximate surface area is 119 Å². The SMILES string of the molecule is Cc1nnc2c(NCCN3CCC(C)CC3)nccn12. The normalized spacial score (nSPS) is 17.7. The van der Waals surface area contributed by atoms with Crippen molar-refractivity contribution in [1.82, 2.24) is 24.5 Å². The van der Waals surface area contributed by atoms with Gasteiger partial charge in [0.15, 0.2) is 5.82 Å². The second-order valence-electron chi connectivity index (χ2n) is 5.67. The molecule has 6 nitrogen and oxygen atoms in total. The Hall–Kier alpha value is -1.69. The molecule has 1 N–H and O–H groups in total. The molecule has 0 radical (unpaired) electrons. The molecule has 108 valence electrons. The van der Waals surface area contributed by atoms with Crippen LogP contribution in [-0.2, 0) is 0 Å². The van der Waals surface area contributed by atoms with Gasteiger partial charge in [0.1, 0.15) is 5.82 Å². The number of hydrogen-bond acceptors (Lipinski definition) is 5. The summed E-state index contributed by atoms with van der Waals surface area (Å²) in [6, 6.07) is 0. The van der Waals surface area contributed by atoms with Gasteiger partial charge in [0.05, 0.1) is 0 Å². The smallest absolute Gasteiger partial charge is 0.203 e. The van der Waals surface area contributed by atoms with Crippen LogP contribution >= 0.6 is 0 Å². The van der Waals surface area contributed by atoms with Crippen LogP contribution in [0.4, 0.5) is 5.82 Å². The standard InChI is InChI=1S/C14H22N6/c1-11-3-7-19(8-4-11)9-5-15-13-14-18-17-12(2)20(14)10-6-16-13/h6,10-11H,3-5,7-9H2,1-2H3,(H,15,16). The fourth-order valence-corrected chi connectivity index (χ4v) is 2.68. The minimum Gasteiger partial charge on any atom is -0.366 e. The third-order valence-electron chi connectivity index (χ3n) is 4.09. The highest BCUT2D eigenvalue weighted by Gasteiger charge is 2.15. The van der Waals surface area contributed by atoms with Gasteiger partial charge in [-0.3, -0.25) is 4.40 Å². The summed E-state index contributed by atoms with van der Waals surface area (Å²) in [6.45, 7) is 8.66. The van der Waals surface area contributed by atoms with E-state index in [0.29, 0.717) is 0 Å². The Morgan fingerprint density at radius 3 is 2.90 bits per heavy atom. The average molecular weight is 274 g/mol. The molecule has 1 fully saturated rings. The lowest BCUT2D eigenvalue weighted by molar-refractivity contribution is 0.199. The molecule has 2 aromatic rings. The van der Waals surface area contributed by atoms with Crippen molar-refractivity contribution in [2.24, 2.45) is 5.92 Å². The number of hydrogen-bond donors (Lipinski definition) is 1. The highest BCUT2D eigenvalue weighted by molar-refractivity contribution is 5.61. The summed E-state index contributed by atoms with van der Waals surface area (Å²) in [4.78, 5) is 6.88. The zero-order valence-electron chi connectivity index (χ0n) is 12.2. The van der Waals surface area contributed by atoms with E-state index >= 15 is 0 Å². The number of rotatable bonds is 4. The topological polar surface area (TPSA) is 58.4 Å². The number of nitrogens with one attached hydrogen (secondary N) is 1. The number of anilines is 1. The van der Waals surface area contributed by atoms with Crippen molar-refractivity contribution in [3.8, 4) is 0 Å². The van der Waals surface area contributed by atoms with Crippen molar-refractivity contribution < 1.29 is 0 Å². The summed E-state index contributed by atoms with van der Waals surface area (Å²) in [7, 11) is 0. The maximum absolute atomic E-state index is 4.36. The molecule has 1 aliphatic rings. The molecule has 1 saturated heterocycles. The summed E-state index contributed by atoms with van der Waals surface area (Å²) in [5.41, 5.74) is 0.803. The Balaban J connectivity index is 1.57. The van der Waals surface area contributed by atoms with E-state index in [1.165, 1.54) is 25.9 Å². The Morgan fingerprint density at radius 1 is 1.30 bits per heavy atom. The second kappa shape index (κ2) is 5.75. The van der Waals surface area contributed by atoms with E-state index in [4.69, 9.17) is 0 Å². The fraction of sp³-hybridized carbons (Fsp3) is 0.643. The van der Waals surface area contributed by atoms with Gasteiger partial charge in [-0.05, 0) is 38.8 Å². The molecule has 0 atom stereocenters. The number of likely N-dealkylation sites (tertiary alicyclic amines) is 1. The van der Waals surface area contributed by atoms with Crippen LogP contribution < -0.4 is 5.32 Å². The number of aryl methyl sites for hydroxylation is 1. The number of aromatic nitrogens is 4. The minimum atomic E-state index is 0.803. The van der Waals surface area contributed by atoms with Crippen LogP contribution in [-0.4, -0.2) is 50.7 Å². The Kier molecular flexibility index (Phi) is 3.82. The van der Waals surface area contributed by atoms with E-state index in [9.17, 15) is 0 Å². The predicted octanol–water partition coefficient (Wildman–Crippen LogP) is 1.58. The monoisotopic (exact) mass is 274 g/mol. The largest absolute Gasteiger partial charge is 0.366 e. The molecule has 3 heterocycles. The molecule has 0 spiro atoms. The summed E-state index contributed by atoms with van der Waals surface area (Å²) in [6.07, 6.45) is 6.31. The summed E-state index contributed by atoms with van der Waals surface area (Å²) in [5.74, 6) is 2.59. The van der Waals surface area contributed by atoms with E-state index in [1.807, 2.05) is 17.5 Å². The zero-order valence-corrected chi connectivity index (χ0v) is 12.2. The molecule has 1 aliphatic heterocycles. The van der Waals surface area contributed by atoms with Gasteiger partial charge in [0, 0.05) is 25.5 Å². The molecule has 0 aliphatic carbocycles. The molecule has 20 heavy (non-hydrogen) atoms. The molecular formula is C14H22N6. The van der Waals surface area contributed by atoms with Crippen molar-refractivity contribution in [3.05, 3.63) is 18.2 Å². The van der Waals surface area contributed by atoms with Crippen molar-refractivity contribution in [1.29, 1.82) is 0 Å². The maximum atomic E-state index is 4.36. The number of fused-ring (bicyclic) bond motifs is 1. The van der Waals surface area contributed by atoms with Gasteiger partial charge < -0.3 is 10.2 Å². The first-order valence-corrected chi connectivity index (χ1v) is 7.36. The van der Waals surface area contributed by atoms with Gasteiger partial charge in [-0.15, -0.1) is 10.2 Å². The van der Waals surface area contributed by atoms with Gasteiger partial charge in [0.2, 0.25) is 5.65 Å². The van der Waals surface area contributed by atoms with Gasteiger partial charge in [-0.25, -0.2) is 4.98 Å². The lowest BCUT2D eigenvalue weighted by Crippen LogP contribution is -2.36. The molecule has 2 aromatic heterocycles. The van der Waals surface area contributed by atoms with E-state index in [0.717, 1.165) is 36.3 Å². The van der Waals surface area contributed by atoms with Gasteiger partial charge >= 0.3 is 0 Å². The lowest BCUT2D eigenvalue weighted by Gasteiger charge is -2.30. The minimum absolute atomic E-state index is 0.803. The quantitative estimate of drug-likeness (QED) is 0.917. The zero-order chi connectivity index (χ0) is 13.9. The van der Waals surface area contributed by atoms with Crippen LogP contribution in [0.1, 0.15) is 25.6 Å². The first-order valence-electron chi connectivity index (χ1n) is 7.36. The molecule has 0 unspecified atom stereocenters. The molecule has 3 rings (SSSR count). The predicted molar refractivity (Wildman–Crippen MR) is 78.8 cm³/mol. The summed E-state index contributed by atoms with van der Waals surface area (Å²) in [5, 5.41) is 11.6. The molecule has 0 amide bonds. The number of piperidine rings is 1. The van der Waals surface area contributed by atoms with E-state index in [1.54, 1.807) is 6.20 Å². The summed E-state index contributed by atoms with van der Waals surface area (Å²) >= 11 is 0. The summed E-state index contributed by atoms with van der Waals surface area (Å²) < 4.78 is 1.96. The van der Waals surface area contributed by atoms with Crippen molar-refractivity contribution in [3.63, 3.8) is 0 Å². The average Bonchev–Trinajstić information content (AvgIpc) is 2.84. The molecule has 0 aromatic carbocycles. The number of nitrogens with zero attached hydrogens (tertiary/aromatic N) is 5. The van der Waals surface area contributed by atoms with Gasteiger partial charge in [-0.1, -0.05) is 6.92 Å². The third kappa shape index (κ3) is 2.75. The molecule has 6 heteroatoms. The van der Waals surface area contributed by atoms with Gasteiger partial charge in [-0.2, -0.15) is 0 Å². The maximum Gasteiger partial charge on any atom is 0.203 e. The van der Waals surface area contributed by atoms with Crippen LogP contribution in [0.5, 0.6) is 0 Å². The second-order valence-corrected chi connectivity index (χ2v) is 5.67. The van der Waals surface area contributed by atoms with Crippen molar-refractivity contribution in [2.75, 3.05) is 31.5 Å². The highest BCUT2D eigenvalue weighted by Crippen LogP contribution is 2.16. The van der Waals surface area contributed by atoms with Crippen LogP contribution in [0, 0.1) is 12.8 Å². The Morgan fingerprint density at radius 2 is 2.10 bits per heavy atom. The first-order chi connectivity index (χ1) is 9.74. The lowest BCUT2D eigenvalue weighted by atomic mass is 9.99. The van der Waals surface area contributed by atoms with Crippen LogP contribution in [0.15, 0.2) is 12.4 Å². The van der Waals surface area contributed by atoms with Gasteiger partial charge in [0.25, 0.3) is 0 Å². The van der Waals surface area contributed by atoms with E-state index in [-0.39, 0.29) is 0 Å². The molecule has 0 bridgehead atoms. The highest BCUT2D eigenvalue weighted by atomic mass is 15.3. The van der Waals surface area contributed by atoms with Crippen LogP contribution in [0.3, 0.4) is 0 Å². The Bertz CT molecular complexity index is 570.